The van der Waals surface area contributed by atoms with E-state index in [2.05, 4.69) is 20.7 Å². The Kier molecular flexibility index (Phi) is 5.91. The molecule has 0 radical (unpaired) electrons. The third-order valence-corrected chi connectivity index (χ3v) is 6.04. The van der Waals surface area contributed by atoms with Crippen LogP contribution < -0.4 is 4.72 Å². The van der Waals surface area contributed by atoms with Crippen molar-refractivity contribution in [2.45, 2.75) is 18.7 Å². The van der Waals surface area contributed by atoms with Gasteiger partial charge in [0, 0.05) is 4.47 Å². The zero-order valence-electron chi connectivity index (χ0n) is 14.4. The van der Waals surface area contributed by atoms with E-state index in [1.165, 1.54) is 0 Å². The molecule has 0 fully saturated rings. The highest BCUT2D eigenvalue weighted by Crippen LogP contribution is 2.26. The van der Waals surface area contributed by atoms with Crippen molar-refractivity contribution in [1.82, 2.24) is 4.72 Å². The van der Waals surface area contributed by atoms with Crippen molar-refractivity contribution in [1.29, 1.82) is 0 Å². The number of halogens is 1. The van der Waals surface area contributed by atoms with Gasteiger partial charge in [-0.3, -0.25) is 0 Å². The molecule has 0 amide bonds. The van der Waals surface area contributed by atoms with E-state index in [1.807, 2.05) is 85.8 Å². The predicted molar refractivity (Wildman–Crippen MR) is 109 cm³/mol. The molecule has 0 unspecified atom stereocenters. The summed E-state index contributed by atoms with van der Waals surface area (Å²) in [5.41, 5.74) is 3.67. The molecular formula is C21H20BrNO2S. The summed E-state index contributed by atoms with van der Waals surface area (Å²) >= 11 is 3.37. The summed E-state index contributed by atoms with van der Waals surface area (Å²) in [5.74, 6) is -0.0600. The van der Waals surface area contributed by atoms with E-state index >= 15 is 0 Å². The van der Waals surface area contributed by atoms with Crippen LogP contribution in [-0.4, -0.2) is 8.42 Å². The summed E-state index contributed by atoms with van der Waals surface area (Å²) in [6.45, 7) is 1.99. The highest BCUT2D eigenvalue weighted by atomic mass is 79.9. The van der Waals surface area contributed by atoms with Crippen LogP contribution in [0, 0.1) is 6.92 Å². The fourth-order valence-corrected chi connectivity index (χ4v) is 4.49. The van der Waals surface area contributed by atoms with Gasteiger partial charge in [-0.15, -0.1) is 0 Å². The zero-order chi connectivity index (χ0) is 18.6. The number of nitrogens with one attached hydrogen (secondary N) is 1. The van der Waals surface area contributed by atoms with Gasteiger partial charge in [0.15, 0.2) is 0 Å². The quantitative estimate of drug-likeness (QED) is 0.601. The largest absolute Gasteiger partial charge is 0.216 e. The zero-order valence-corrected chi connectivity index (χ0v) is 16.8. The maximum absolute atomic E-state index is 12.8. The minimum Gasteiger partial charge on any atom is -0.212 e. The Morgan fingerprint density at radius 3 is 2.15 bits per heavy atom. The fraction of sp³-hybridized carbons (Fsp3) is 0.143. The Labute approximate surface area is 163 Å². The van der Waals surface area contributed by atoms with Gasteiger partial charge in [-0.1, -0.05) is 82.7 Å². The van der Waals surface area contributed by atoms with E-state index in [0.29, 0.717) is 0 Å². The molecule has 26 heavy (non-hydrogen) atoms. The summed E-state index contributed by atoms with van der Waals surface area (Å²) in [4.78, 5) is 0. The van der Waals surface area contributed by atoms with Gasteiger partial charge in [-0.2, -0.15) is 0 Å². The molecular weight excluding hydrogens is 410 g/mol. The van der Waals surface area contributed by atoms with Crippen LogP contribution in [0.5, 0.6) is 0 Å². The normalized spacial score (nSPS) is 12.7. The van der Waals surface area contributed by atoms with Gasteiger partial charge in [0.25, 0.3) is 0 Å². The van der Waals surface area contributed by atoms with Crippen molar-refractivity contribution < 1.29 is 8.42 Å². The van der Waals surface area contributed by atoms with Crippen LogP contribution in [0.25, 0.3) is 0 Å². The molecule has 3 rings (SSSR count). The lowest BCUT2D eigenvalue weighted by Crippen LogP contribution is -2.31. The Hall–Kier alpha value is -1.95. The molecule has 0 heterocycles. The number of benzene rings is 3. The third-order valence-electron chi connectivity index (χ3n) is 4.20. The number of rotatable bonds is 6. The molecule has 0 saturated heterocycles. The molecule has 1 N–H and O–H groups in total. The average molecular weight is 430 g/mol. The minimum atomic E-state index is -3.53. The predicted octanol–water partition coefficient (Wildman–Crippen LogP) is 4.97. The molecule has 3 aromatic carbocycles. The van der Waals surface area contributed by atoms with Gasteiger partial charge < -0.3 is 0 Å². The maximum Gasteiger partial charge on any atom is 0.216 e. The summed E-state index contributed by atoms with van der Waals surface area (Å²) < 4.78 is 29.5. The monoisotopic (exact) mass is 429 g/mol. The number of sulfonamides is 1. The molecule has 0 saturated carbocycles. The first-order valence-corrected chi connectivity index (χ1v) is 10.7. The van der Waals surface area contributed by atoms with Gasteiger partial charge >= 0.3 is 0 Å². The molecule has 0 aliphatic rings. The fourth-order valence-electron chi connectivity index (χ4n) is 2.89. The Morgan fingerprint density at radius 2 is 1.50 bits per heavy atom. The van der Waals surface area contributed by atoms with Crippen molar-refractivity contribution in [3.8, 4) is 0 Å². The highest BCUT2D eigenvalue weighted by molar-refractivity contribution is 9.10. The molecule has 0 aliphatic carbocycles. The number of hydrogen-bond acceptors (Lipinski definition) is 2. The van der Waals surface area contributed by atoms with Crippen LogP contribution in [0.2, 0.25) is 0 Å². The lowest BCUT2D eigenvalue weighted by atomic mass is 9.96. The Bertz CT molecular complexity index is 970. The van der Waals surface area contributed by atoms with E-state index < -0.39 is 16.1 Å². The van der Waals surface area contributed by atoms with Crippen LogP contribution in [0.3, 0.4) is 0 Å². The molecule has 0 bridgehead atoms. The molecule has 0 spiro atoms. The van der Waals surface area contributed by atoms with Crippen LogP contribution in [-0.2, 0) is 15.8 Å². The van der Waals surface area contributed by atoms with Crippen LogP contribution >= 0.6 is 15.9 Å². The van der Waals surface area contributed by atoms with Gasteiger partial charge in [-0.05, 0) is 41.3 Å². The second kappa shape index (κ2) is 8.16. The molecule has 5 heteroatoms. The van der Waals surface area contributed by atoms with Crippen molar-refractivity contribution in [2.24, 2.45) is 0 Å². The van der Waals surface area contributed by atoms with Gasteiger partial charge in [0.1, 0.15) is 0 Å². The average Bonchev–Trinajstić information content (AvgIpc) is 2.63. The molecule has 3 nitrogen and oxygen atoms in total. The van der Waals surface area contributed by atoms with Crippen molar-refractivity contribution in [3.63, 3.8) is 0 Å². The Balaban J connectivity index is 1.92. The SMILES string of the molecule is Cc1ccccc1[C@H](NS(=O)(=O)Cc1ccc(Br)cc1)c1ccccc1. The van der Waals surface area contributed by atoms with E-state index in [4.69, 9.17) is 0 Å². The third kappa shape index (κ3) is 4.81. The second-order valence-corrected chi connectivity index (χ2v) is 8.87. The molecule has 0 aromatic heterocycles. The van der Waals surface area contributed by atoms with Crippen LogP contribution in [0.4, 0.5) is 0 Å². The standard InChI is InChI=1S/C21H20BrNO2S/c1-16-7-5-6-10-20(16)21(18-8-3-2-4-9-18)23-26(24,25)15-17-11-13-19(22)14-12-17/h2-14,21,23H,15H2,1H3/t21-/m1/s1. The van der Waals surface area contributed by atoms with Gasteiger partial charge in [0.05, 0.1) is 11.8 Å². The van der Waals surface area contributed by atoms with E-state index in [-0.39, 0.29) is 5.75 Å². The van der Waals surface area contributed by atoms with E-state index in [9.17, 15) is 8.42 Å². The lowest BCUT2D eigenvalue weighted by molar-refractivity contribution is 0.571. The molecule has 134 valence electrons. The Morgan fingerprint density at radius 1 is 0.885 bits per heavy atom. The van der Waals surface area contributed by atoms with Gasteiger partial charge in [0.2, 0.25) is 10.0 Å². The van der Waals surface area contributed by atoms with Gasteiger partial charge in [-0.25, -0.2) is 13.1 Å². The minimum absolute atomic E-state index is 0.0600. The highest BCUT2D eigenvalue weighted by Gasteiger charge is 2.22. The summed E-state index contributed by atoms with van der Waals surface area (Å²) in [5, 5.41) is 0. The van der Waals surface area contributed by atoms with Crippen LogP contribution in [0.1, 0.15) is 28.3 Å². The topological polar surface area (TPSA) is 46.2 Å². The smallest absolute Gasteiger partial charge is 0.212 e. The van der Waals surface area contributed by atoms with E-state index in [1.54, 1.807) is 0 Å². The molecule has 1 atom stereocenters. The molecule has 3 aromatic rings. The summed E-state index contributed by atoms with van der Waals surface area (Å²) in [6.07, 6.45) is 0. The molecule has 0 aliphatic heterocycles. The van der Waals surface area contributed by atoms with Crippen molar-refractivity contribution in [3.05, 3.63) is 106 Å². The maximum atomic E-state index is 12.8. The summed E-state index contributed by atoms with van der Waals surface area (Å²) in [7, 11) is -3.53. The van der Waals surface area contributed by atoms with Crippen LogP contribution in [0.15, 0.2) is 83.3 Å². The second-order valence-electron chi connectivity index (χ2n) is 6.20. The summed E-state index contributed by atoms with van der Waals surface area (Å²) in [6, 6.07) is 24.4. The lowest BCUT2D eigenvalue weighted by Gasteiger charge is -2.21. The first-order valence-electron chi connectivity index (χ1n) is 8.29. The first-order chi connectivity index (χ1) is 12.4. The van der Waals surface area contributed by atoms with Crippen molar-refractivity contribution in [2.75, 3.05) is 0 Å². The van der Waals surface area contributed by atoms with Crippen molar-refractivity contribution >= 4 is 26.0 Å². The first kappa shape index (κ1) is 18.8. The number of hydrogen-bond donors (Lipinski definition) is 1. The number of aryl methyl sites for hydroxylation is 1. The van der Waals surface area contributed by atoms with E-state index in [0.717, 1.165) is 26.7 Å².